The van der Waals surface area contributed by atoms with Crippen LogP contribution in [0, 0.1) is 11.3 Å². The Bertz CT molecular complexity index is 213. The molecule has 17 heavy (non-hydrogen) atoms. The SMILES string of the molecule is CCCCN(C)CC1CCC(C)(C)C1NCC. The summed E-state index contributed by atoms with van der Waals surface area (Å²) in [5.74, 6) is 0.840. The summed E-state index contributed by atoms with van der Waals surface area (Å²) in [5, 5.41) is 3.72. The van der Waals surface area contributed by atoms with Crippen LogP contribution in [0.1, 0.15) is 53.4 Å². The number of nitrogens with zero attached hydrogens (tertiary/aromatic N) is 1. The zero-order valence-corrected chi connectivity index (χ0v) is 12.6. The number of unbranched alkanes of at least 4 members (excludes halogenated alkanes) is 1. The van der Waals surface area contributed by atoms with Gasteiger partial charge in [0.1, 0.15) is 0 Å². The average molecular weight is 240 g/mol. The third-order valence-corrected chi connectivity index (χ3v) is 4.34. The Kier molecular flexibility index (Phi) is 5.94. The van der Waals surface area contributed by atoms with Gasteiger partial charge in [-0.15, -0.1) is 0 Å². The zero-order chi connectivity index (χ0) is 12.9. The molecule has 2 atom stereocenters. The van der Waals surface area contributed by atoms with Crippen molar-refractivity contribution < 1.29 is 0 Å². The van der Waals surface area contributed by atoms with E-state index in [2.05, 4.69) is 45.0 Å². The van der Waals surface area contributed by atoms with E-state index >= 15 is 0 Å². The minimum absolute atomic E-state index is 0.478. The zero-order valence-electron chi connectivity index (χ0n) is 12.6. The molecule has 2 nitrogen and oxygen atoms in total. The second kappa shape index (κ2) is 6.75. The first kappa shape index (κ1) is 15.0. The van der Waals surface area contributed by atoms with Crippen molar-refractivity contribution in [2.45, 2.75) is 59.4 Å². The molecule has 1 rings (SSSR count). The normalized spacial score (nSPS) is 27.9. The van der Waals surface area contributed by atoms with E-state index in [0.717, 1.165) is 12.5 Å². The van der Waals surface area contributed by atoms with Gasteiger partial charge in [0.05, 0.1) is 0 Å². The van der Waals surface area contributed by atoms with Gasteiger partial charge in [-0.2, -0.15) is 0 Å². The quantitative estimate of drug-likeness (QED) is 0.735. The topological polar surface area (TPSA) is 15.3 Å². The van der Waals surface area contributed by atoms with Gasteiger partial charge in [-0.3, -0.25) is 0 Å². The van der Waals surface area contributed by atoms with E-state index in [1.165, 1.54) is 38.8 Å². The Morgan fingerprint density at radius 1 is 1.29 bits per heavy atom. The largest absolute Gasteiger partial charge is 0.313 e. The maximum Gasteiger partial charge on any atom is 0.0159 e. The van der Waals surface area contributed by atoms with Gasteiger partial charge in [-0.05, 0) is 50.7 Å². The Morgan fingerprint density at radius 2 is 2.00 bits per heavy atom. The molecular weight excluding hydrogens is 208 g/mol. The fourth-order valence-electron chi connectivity index (χ4n) is 3.30. The summed E-state index contributed by atoms with van der Waals surface area (Å²) in [5.41, 5.74) is 0.478. The van der Waals surface area contributed by atoms with Crippen LogP contribution in [0.15, 0.2) is 0 Å². The first-order valence-electron chi connectivity index (χ1n) is 7.43. The van der Waals surface area contributed by atoms with Gasteiger partial charge in [0.25, 0.3) is 0 Å². The lowest BCUT2D eigenvalue weighted by Gasteiger charge is -2.33. The summed E-state index contributed by atoms with van der Waals surface area (Å²) in [6, 6.07) is 0.705. The lowest BCUT2D eigenvalue weighted by molar-refractivity contribution is 0.204. The maximum atomic E-state index is 3.72. The molecule has 1 aliphatic rings. The van der Waals surface area contributed by atoms with Crippen molar-refractivity contribution in [3.05, 3.63) is 0 Å². The van der Waals surface area contributed by atoms with E-state index < -0.39 is 0 Å². The highest BCUT2D eigenvalue weighted by atomic mass is 15.1. The molecule has 0 amide bonds. The van der Waals surface area contributed by atoms with Gasteiger partial charge in [0, 0.05) is 12.6 Å². The molecular formula is C15H32N2. The van der Waals surface area contributed by atoms with E-state index in [-0.39, 0.29) is 0 Å². The number of nitrogens with one attached hydrogen (secondary N) is 1. The number of rotatable bonds is 7. The second-order valence-corrected chi connectivity index (χ2v) is 6.44. The van der Waals surface area contributed by atoms with Crippen LogP contribution in [0.25, 0.3) is 0 Å². The smallest absolute Gasteiger partial charge is 0.0159 e. The Morgan fingerprint density at radius 3 is 2.59 bits per heavy atom. The summed E-state index contributed by atoms with van der Waals surface area (Å²) >= 11 is 0. The summed E-state index contributed by atoms with van der Waals surface area (Å²) < 4.78 is 0. The van der Waals surface area contributed by atoms with Crippen molar-refractivity contribution >= 4 is 0 Å². The predicted molar refractivity (Wildman–Crippen MR) is 76.4 cm³/mol. The van der Waals surface area contributed by atoms with Crippen molar-refractivity contribution in [3.63, 3.8) is 0 Å². The van der Waals surface area contributed by atoms with Gasteiger partial charge in [-0.25, -0.2) is 0 Å². The van der Waals surface area contributed by atoms with E-state index in [9.17, 15) is 0 Å². The van der Waals surface area contributed by atoms with Crippen molar-refractivity contribution in [1.82, 2.24) is 10.2 Å². The van der Waals surface area contributed by atoms with Gasteiger partial charge < -0.3 is 10.2 Å². The molecule has 0 aromatic rings. The summed E-state index contributed by atoms with van der Waals surface area (Å²) in [6.07, 6.45) is 5.40. The first-order valence-corrected chi connectivity index (χ1v) is 7.43. The van der Waals surface area contributed by atoms with Gasteiger partial charge in [0.2, 0.25) is 0 Å². The van der Waals surface area contributed by atoms with Crippen molar-refractivity contribution in [2.24, 2.45) is 11.3 Å². The van der Waals surface area contributed by atoms with E-state index in [0.29, 0.717) is 11.5 Å². The van der Waals surface area contributed by atoms with Crippen LogP contribution in [0.5, 0.6) is 0 Å². The Balaban J connectivity index is 2.46. The van der Waals surface area contributed by atoms with Crippen LogP contribution in [0.2, 0.25) is 0 Å². The van der Waals surface area contributed by atoms with Crippen LogP contribution < -0.4 is 5.32 Å². The molecule has 0 radical (unpaired) electrons. The summed E-state index contributed by atoms with van der Waals surface area (Å²) in [6.45, 7) is 13.0. The molecule has 0 saturated heterocycles. The number of hydrogen-bond acceptors (Lipinski definition) is 2. The van der Waals surface area contributed by atoms with Crippen LogP contribution in [-0.2, 0) is 0 Å². The summed E-state index contributed by atoms with van der Waals surface area (Å²) in [4.78, 5) is 2.53. The highest BCUT2D eigenvalue weighted by Gasteiger charge is 2.41. The maximum absolute atomic E-state index is 3.72. The van der Waals surface area contributed by atoms with E-state index in [1.807, 2.05) is 0 Å². The third kappa shape index (κ3) is 4.26. The lowest BCUT2D eigenvalue weighted by atomic mass is 9.84. The molecule has 2 unspecified atom stereocenters. The second-order valence-electron chi connectivity index (χ2n) is 6.44. The Hall–Kier alpha value is -0.0800. The van der Waals surface area contributed by atoms with Crippen LogP contribution in [-0.4, -0.2) is 37.6 Å². The molecule has 0 spiro atoms. The minimum Gasteiger partial charge on any atom is -0.313 e. The van der Waals surface area contributed by atoms with Gasteiger partial charge in [-0.1, -0.05) is 34.1 Å². The van der Waals surface area contributed by atoms with E-state index in [1.54, 1.807) is 0 Å². The molecule has 0 aromatic carbocycles. The summed E-state index contributed by atoms with van der Waals surface area (Å²) in [7, 11) is 2.28. The number of hydrogen-bond donors (Lipinski definition) is 1. The molecule has 1 aliphatic carbocycles. The molecule has 1 saturated carbocycles. The van der Waals surface area contributed by atoms with Gasteiger partial charge >= 0.3 is 0 Å². The molecule has 0 heterocycles. The standard InChI is InChI=1S/C15H32N2/c1-6-8-11-17(5)12-13-9-10-15(3,4)14(13)16-7-2/h13-14,16H,6-12H2,1-5H3. The van der Waals surface area contributed by atoms with Gasteiger partial charge in [0.15, 0.2) is 0 Å². The molecule has 0 bridgehead atoms. The van der Waals surface area contributed by atoms with Crippen molar-refractivity contribution in [3.8, 4) is 0 Å². The molecule has 102 valence electrons. The predicted octanol–water partition coefficient (Wildman–Crippen LogP) is 3.13. The van der Waals surface area contributed by atoms with Crippen LogP contribution in [0.3, 0.4) is 0 Å². The molecule has 1 N–H and O–H groups in total. The van der Waals surface area contributed by atoms with Crippen molar-refractivity contribution in [1.29, 1.82) is 0 Å². The van der Waals surface area contributed by atoms with Crippen LogP contribution in [0.4, 0.5) is 0 Å². The molecule has 0 aromatic heterocycles. The first-order chi connectivity index (χ1) is 8.01. The molecule has 0 aliphatic heterocycles. The lowest BCUT2D eigenvalue weighted by Crippen LogP contribution is -2.45. The monoisotopic (exact) mass is 240 g/mol. The molecule has 1 fully saturated rings. The highest BCUT2D eigenvalue weighted by Crippen LogP contribution is 2.41. The molecule has 2 heteroatoms. The fraction of sp³-hybridized carbons (Fsp3) is 1.00. The van der Waals surface area contributed by atoms with Crippen LogP contribution >= 0.6 is 0 Å². The third-order valence-electron chi connectivity index (χ3n) is 4.34. The minimum atomic E-state index is 0.478. The van der Waals surface area contributed by atoms with Crippen molar-refractivity contribution in [2.75, 3.05) is 26.7 Å². The Labute approximate surface area is 108 Å². The highest BCUT2D eigenvalue weighted by molar-refractivity contribution is 4.96. The van der Waals surface area contributed by atoms with E-state index in [4.69, 9.17) is 0 Å². The average Bonchev–Trinajstić information content (AvgIpc) is 2.54. The fourth-order valence-corrected chi connectivity index (χ4v) is 3.30.